The van der Waals surface area contributed by atoms with Crippen molar-refractivity contribution in [2.75, 3.05) is 25.0 Å². The van der Waals surface area contributed by atoms with E-state index in [1.165, 1.54) is 4.68 Å². The molecule has 6 heteroatoms. The van der Waals surface area contributed by atoms with Crippen LogP contribution in [0.25, 0.3) is 0 Å². The molecule has 0 aliphatic rings. The number of rotatable bonds is 7. The minimum Gasteiger partial charge on any atom is -0.383 e. The van der Waals surface area contributed by atoms with Crippen molar-refractivity contribution >= 4 is 21.6 Å². The molecule has 1 rings (SSSR count). The molecule has 0 spiro atoms. The molecule has 0 saturated carbocycles. The van der Waals surface area contributed by atoms with Crippen molar-refractivity contribution in [3.8, 4) is 0 Å². The summed E-state index contributed by atoms with van der Waals surface area (Å²) in [6.07, 6.45) is 2.69. The van der Waals surface area contributed by atoms with E-state index >= 15 is 0 Å². The van der Waals surface area contributed by atoms with Crippen molar-refractivity contribution in [1.82, 2.24) is 15.1 Å². The van der Waals surface area contributed by atoms with Crippen LogP contribution in [0, 0.1) is 0 Å². The summed E-state index contributed by atoms with van der Waals surface area (Å²) in [7, 11) is 0. The molecule has 1 aromatic heterocycles. The molecule has 0 unspecified atom stereocenters. The van der Waals surface area contributed by atoms with Crippen molar-refractivity contribution in [2.45, 2.75) is 26.8 Å². The highest BCUT2D eigenvalue weighted by molar-refractivity contribution is 9.10. The summed E-state index contributed by atoms with van der Waals surface area (Å²) in [4.78, 5) is 11.8. The normalized spacial score (nSPS) is 10.5. The van der Waals surface area contributed by atoms with Crippen molar-refractivity contribution < 1.29 is 0 Å². The third kappa shape index (κ3) is 4.12. The SMILES string of the molecule is CCNCCCNc1cnn(CC)c(=O)c1Br. The van der Waals surface area contributed by atoms with E-state index in [9.17, 15) is 4.79 Å². The topological polar surface area (TPSA) is 59.0 Å². The lowest BCUT2D eigenvalue weighted by Crippen LogP contribution is -2.24. The van der Waals surface area contributed by atoms with Crippen LogP contribution in [0.2, 0.25) is 0 Å². The quantitative estimate of drug-likeness (QED) is 0.748. The molecule has 0 fully saturated rings. The Morgan fingerprint density at radius 1 is 1.41 bits per heavy atom. The Morgan fingerprint density at radius 2 is 2.18 bits per heavy atom. The molecule has 0 saturated heterocycles. The largest absolute Gasteiger partial charge is 0.383 e. The second-order valence-electron chi connectivity index (χ2n) is 3.63. The zero-order valence-electron chi connectivity index (χ0n) is 10.3. The predicted molar refractivity (Wildman–Crippen MR) is 73.5 cm³/mol. The minimum absolute atomic E-state index is 0.0933. The molecular formula is C11H19BrN4O. The number of halogens is 1. The van der Waals surface area contributed by atoms with Crippen LogP contribution in [0.1, 0.15) is 20.3 Å². The summed E-state index contributed by atoms with van der Waals surface area (Å²) in [5.74, 6) is 0. The molecule has 0 bridgehead atoms. The first-order valence-corrected chi connectivity index (χ1v) is 6.70. The van der Waals surface area contributed by atoms with E-state index in [1.54, 1.807) is 6.20 Å². The van der Waals surface area contributed by atoms with Gasteiger partial charge in [-0.2, -0.15) is 5.10 Å². The van der Waals surface area contributed by atoms with E-state index in [1.807, 2.05) is 6.92 Å². The number of nitrogens with zero attached hydrogens (tertiary/aromatic N) is 2. The van der Waals surface area contributed by atoms with Crippen LogP contribution >= 0.6 is 15.9 Å². The third-order valence-corrected chi connectivity index (χ3v) is 3.15. The maximum atomic E-state index is 11.8. The summed E-state index contributed by atoms with van der Waals surface area (Å²) in [5.41, 5.74) is 0.667. The molecular weight excluding hydrogens is 284 g/mol. The second kappa shape index (κ2) is 7.45. The number of aryl methyl sites for hydroxylation is 1. The molecule has 5 nitrogen and oxygen atoms in total. The first kappa shape index (κ1) is 14.2. The van der Waals surface area contributed by atoms with Gasteiger partial charge in [0.05, 0.1) is 11.9 Å². The monoisotopic (exact) mass is 302 g/mol. The van der Waals surface area contributed by atoms with Crippen LogP contribution < -0.4 is 16.2 Å². The van der Waals surface area contributed by atoms with Crippen LogP contribution in [-0.2, 0) is 6.54 Å². The van der Waals surface area contributed by atoms with Crippen molar-refractivity contribution in [3.63, 3.8) is 0 Å². The predicted octanol–water partition coefficient (Wildman–Crippen LogP) is 1.44. The maximum absolute atomic E-state index is 11.8. The zero-order chi connectivity index (χ0) is 12.7. The molecule has 0 aliphatic heterocycles. The van der Waals surface area contributed by atoms with Crippen LogP contribution in [0.4, 0.5) is 5.69 Å². The summed E-state index contributed by atoms with van der Waals surface area (Å²) >= 11 is 3.30. The average molecular weight is 303 g/mol. The Kier molecular flexibility index (Phi) is 6.21. The van der Waals surface area contributed by atoms with Gasteiger partial charge < -0.3 is 10.6 Å². The fourth-order valence-corrected chi connectivity index (χ4v) is 1.87. The molecule has 0 amide bonds. The highest BCUT2D eigenvalue weighted by Crippen LogP contribution is 2.15. The number of hydrogen-bond donors (Lipinski definition) is 2. The summed E-state index contributed by atoms with van der Waals surface area (Å²) in [6.45, 7) is 7.34. The van der Waals surface area contributed by atoms with E-state index < -0.39 is 0 Å². The van der Waals surface area contributed by atoms with Crippen LogP contribution in [0.3, 0.4) is 0 Å². The van der Waals surface area contributed by atoms with Crippen molar-refractivity contribution in [3.05, 3.63) is 21.0 Å². The van der Waals surface area contributed by atoms with Gasteiger partial charge in [0, 0.05) is 13.1 Å². The number of anilines is 1. The number of aromatic nitrogens is 2. The van der Waals surface area contributed by atoms with Gasteiger partial charge in [0.2, 0.25) is 0 Å². The van der Waals surface area contributed by atoms with Gasteiger partial charge in [-0.25, -0.2) is 4.68 Å². The fourth-order valence-electron chi connectivity index (χ4n) is 1.43. The number of hydrogen-bond acceptors (Lipinski definition) is 4. The summed E-state index contributed by atoms with van der Waals surface area (Å²) < 4.78 is 1.98. The number of nitrogens with one attached hydrogen (secondary N) is 2. The van der Waals surface area contributed by atoms with E-state index in [0.717, 1.165) is 31.7 Å². The first-order chi connectivity index (χ1) is 8.20. The molecule has 0 atom stereocenters. The van der Waals surface area contributed by atoms with Gasteiger partial charge in [-0.15, -0.1) is 0 Å². The van der Waals surface area contributed by atoms with Crippen LogP contribution in [-0.4, -0.2) is 29.4 Å². The van der Waals surface area contributed by atoms with Crippen molar-refractivity contribution in [1.29, 1.82) is 0 Å². The Balaban J connectivity index is 2.55. The molecule has 0 radical (unpaired) electrons. The minimum atomic E-state index is -0.0933. The zero-order valence-corrected chi connectivity index (χ0v) is 11.9. The highest BCUT2D eigenvalue weighted by Gasteiger charge is 2.06. The summed E-state index contributed by atoms with van der Waals surface area (Å²) in [6, 6.07) is 0. The summed E-state index contributed by atoms with van der Waals surface area (Å²) in [5, 5.41) is 10.5. The Hall–Kier alpha value is -0.880. The van der Waals surface area contributed by atoms with Gasteiger partial charge in [0.1, 0.15) is 4.47 Å². The second-order valence-corrected chi connectivity index (χ2v) is 4.42. The molecule has 2 N–H and O–H groups in total. The first-order valence-electron chi connectivity index (χ1n) is 5.90. The smallest absolute Gasteiger partial charge is 0.283 e. The van der Waals surface area contributed by atoms with Crippen LogP contribution in [0.15, 0.2) is 15.5 Å². The van der Waals surface area contributed by atoms with Gasteiger partial charge in [0.25, 0.3) is 5.56 Å². The van der Waals surface area contributed by atoms with E-state index in [-0.39, 0.29) is 5.56 Å². The van der Waals surface area contributed by atoms with E-state index in [2.05, 4.69) is 38.6 Å². The fraction of sp³-hybridized carbons (Fsp3) is 0.636. The third-order valence-electron chi connectivity index (χ3n) is 2.38. The lowest BCUT2D eigenvalue weighted by Gasteiger charge is -2.09. The molecule has 17 heavy (non-hydrogen) atoms. The standard InChI is InChI=1S/C11H19BrN4O/c1-3-13-6-5-7-14-9-8-15-16(4-2)11(17)10(9)12/h8,13-14H,3-7H2,1-2H3. The molecule has 96 valence electrons. The lowest BCUT2D eigenvalue weighted by molar-refractivity contribution is 0.612. The lowest BCUT2D eigenvalue weighted by atomic mass is 10.4. The molecule has 1 aromatic rings. The van der Waals surface area contributed by atoms with E-state index in [4.69, 9.17) is 0 Å². The Bertz CT molecular complexity index is 405. The Morgan fingerprint density at radius 3 is 2.82 bits per heavy atom. The van der Waals surface area contributed by atoms with E-state index in [0.29, 0.717) is 11.0 Å². The van der Waals surface area contributed by atoms with Gasteiger partial charge in [0.15, 0.2) is 0 Å². The average Bonchev–Trinajstić information content (AvgIpc) is 2.34. The van der Waals surface area contributed by atoms with Gasteiger partial charge in [-0.3, -0.25) is 4.79 Å². The van der Waals surface area contributed by atoms with Gasteiger partial charge in [-0.05, 0) is 42.4 Å². The Labute approximate surface area is 110 Å². The highest BCUT2D eigenvalue weighted by atomic mass is 79.9. The maximum Gasteiger partial charge on any atom is 0.283 e. The van der Waals surface area contributed by atoms with Crippen molar-refractivity contribution in [2.24, 2.45) is 0 Å². The molecule has 0 aromatic carbocycles. The van der Waals surface area contributed by atoms with Crippen LogP contribution in [0.5, 0.6) is 0 Å². The molecule has 1 heterocycles. The van der Waals surface area contributed by atoms with Gasteiger partial charge >= 0.3 is 0 Å². The molecule has 0 aliphatic carbocycles. The van der Waals surface area contributed by atoms with Gasteiger partial charge in [-0.1, -0.05) is 6.92 Å².